The molecule has 0 bridgehead atoms. The fraction of sp³-hybridized carbons (Fsp3) is 0.100. The lowest BCUT2D eigenvalue weighted by Crippen LogP contribution is -2.05. The van der Waals surface area contributed by atoms with Gasteiger partial charge in [-0.05, 0) is 6.07 Å². The molecule has 0 saturated carbocycles. The highest BCUT2D eigenvalue weighted by Crippen LogP contribution is 2.29. The van der Waals surface area contributed by atoms with E-state index in [1.807, 2.05) is 0 Å². The molecule has 0 aliphatic heterocycles. The van der Waals surface area contributed by atoms with E-state index in [2.05, 4.69) is 14.7 Å². The molecule has 0 amide bonds. The Labute approximate surface area is 95.7 Å². The molecule has 2 aromatic heterocycles. The number of rotatable bonds is 1. The predicted octanol–water partition coefficient (Wildman–Crippen LogP) is 1.78. The summed E-state index contributed by atoms with van der Waals surface area (Å²) >= 11 is 5.89. The van der Waals surface area contributed by atoms with Crippen LogP contribution in [0.5, 0.6) is 5.75 Å². The minimum Gasteiger partial charge on any atom is -0.504 e. The molecule has 5 nitrogen and oxygen atoms in total. The van der Waals surface area contributed by atoms with Gasteiger partial charge >= 0.3 is 5.97 Å². The maximum Gasteiger partial charge on any atom is 0.360 e. The van der Waals surface area contributed by atoms with Crippen LogP contribution in [0.25, 0.3) is 10.9 Å². The van der Waals surface area contributed by atoms with E-state index in [0.717, 1.165) is 0 Å². The Kier molecular flexibility index (Phi) is 2.62. The van der Waals surface area contributed by atoms with E-state index in [-0.39, 0.29) is 17.0 Å². The molecule has 0 saturated heterocycles. The summed E-state index contributed by atoms with van der Waals surface area (Å²) in [6.07, 6.45) is 2.81. The normalized spacial score (nSPS) is 10.4. The number of halogens is 1. The Morgan fingerprint density at radius 3 is 2.94 bits per heavy atom. The average molecular weight is 239 g/mol. The molecule has 2 rings (SSSR count). The molecule has 0 aliphatic rings. The lowest BCUT2D eigenvalue weighted by Gasteiger charge is -2.05. The summed E-state index contributed by atoms with van der Waals surface area (Å²) in [4.78, 5) is 19.0. The third kappa shape index (κ3) is 1.55. The Balaban J connectivity index is 2.75. The molecule has 2 heterocycles. The van der Waals surface area contributed by atoms with Gasteiger partial charge in [0.05, 0.1) is 12.1 Å². The van der Waals surface area contributed by atoms with Crippen LogP contribution in [0.4, 0.5) is 0 Å². The first-order valence-electron chi connectivity index (χ1n) is 4.35. The third-order valence-corrected chi connectivity index (χ3v) is 2.42. The van der Waals surface area contributed by atoms with Crippen molar-refractivity contribution >= 4 is 28.5 Å². The average Bonchev–Trinajstić information content (AvgIpc) is 2.30. The van der Waals surface area contributed by atoms with Gasteiger partial charge in [0.25, 0.3) is 0 Å². The Hall–Kier alpha value is -1.88. The van der Waals surface area contributed by atoms with Crippen molar-refractivity contribution in [2.75, 3.05) is 7.11 Å². The van der Waals surface area contributed by atoms with Crippen molar-refractivity contribution < 1.29 is 14.6 Å². The van der Waals surface area contributed by atoms with E-state index in [1.54, 1.807) is 6.07 Å². The van der Waals surface area contributed by atoms with E-state index in [1.165, 1.54) is 19.5 Å². The summed E-state index contributed by atoms with van der Waals surface area (Å²) in [5.41, 5.74) is 0.0488. The van der Waals surface area contributed by atoms with Crippen molar-refractivity contribution in [3.8, 4) is 5.75 Å². The summed E-state index contributed by atoms with van der Waals surface area (Å²) < 4.78 is 4.47. The molecule has 0 aliphatic carbocycles. The number of aromatic nitrogens is 2. The van der Waals surface area contributed by atoms with Gasteiger partial charge in [-0.15, -0.1) is 0 Å². The van der Waals surface area contributed by atoms with Crippen LogP contribution in [0.15, 0.2) is 18.5 Å². The van der Waals surface area contributed by atoms with Crippen molar-refractivity contribution in [3.05, 3.63) is 29.2 Å². The summed E-state index contributed by atoms with van der Waals surface area (Å²) in [6, 6.07) is 1.57. The third-order valence-electron chi connectivity index (χ3n) is 2.09. The molecule has 16 heavy (non-hydrogen) atoms. The van der Waals surface area contributed by atoms with Gasteiger partial charge < -0.3 is 9.84 Å². The maximum atomic E-state index is 11.3. The quantitative estimate of drug-likeness (QED) is 0.767. The fourth-order valence-corrected chi connectivity index (χ4v) is 1.50. The molecule has 6 heteroatoms. The van der Waals surface area contributed by atoms with E-state index >= 15 is 0 Å². The number of fused-ring (bicyclic) bond motifs is 1. The molecule has 0 atom stereocenters. The largest absolute Gasteiger partial charge is 0.504 e. The number of carbonyl (C=O) groups excluding carboxylic acids is 1. The zero-order valence-corrected chi connectivity index (χ0v) is 9.02. The number of aromatic hydroxyl groups is 1. The SMILES string of the molecule is COC(=O)c1ncc2c(Cl)ccnc2c1O. The van der Waals surface area contributed by atoms with Crippen molar-refractivity contribution in [1.29, 1.82) is 0 Å². The second-order valence-electron chi connectivity index (χ2n) is 3.00. The minimum absolute atomic E-state index is 0.176. The van der Waals surface area contributed by atoms with Crippen molar-refractivity contribution in [2.45, 2.75) is 0 Å². The van der Waals surface area contributed by atoms with E-state index in [9.17, 15) is 9.90 Å². The van der Waals surface area contributed by atoms with Crippen LogP contribution >= 0.6 is 11.6 Å². The molecule has 0 aromatic carbocycles. The highest BCUT2D eigenvalue weighted by Gasteiger charge is 2.17. The summed E-state index contributed by atoms with van der Waals surface area (Å²) in [7, 11) is 1.21. The van der Waals surface area contributed by atoms with Gasteiger partial charge in [-0.1, -0.05) is 11.6 Å². The number of carbonyl (C=O) groups is 1. The highest BCUT2D eigenvalue weighted by atomic mass is 35.5. The van der Waals surface area contributed by atoms with Crippen LogP contribution in [0.1, 0.15) is 10.5 Å². The van der Waals surface area contributed by atoms with Gasteiger partial charge in [-0.25, -0.2) is 9.78 Å². The van der Waals surface area contributed by atoms with Crippen LogP contribution in [-0.2, 0) is 4.74 Å². The van der Waals surface area contributed by atoms with E-state index < -0.39 is 5.97 Å². The van der Waals surface area contributed by atoms with Crippen molar-refractivity contribution in [2.24, 2.45) is 0 Å². The molecule has 1 N–H and O–H groups in total. The number of esters is 1. The highest BCUT2D eigenvalue weighted by molar-refractivity contribution is 6.35. The van der Waals surface area contributed by atoms with E-state index in [4.69, 9.17) is 11.6 Å². The topological polar surface area (TPSA) is 72.3 Å². The lowest BCUT2D eigenvalue weighted by molar-refractivity contribution is 0.0591. The predicted molar refractivity (Wildman–Crippen MR) is 57.6 cm³/mol. The van der Waals surface area contributed by atoms with Crippen LogP contribution in [0.2, 0.25) is 5.02 Å². The van der Waals surface area contributed by atoms with Gasteiger partial charge in [0.15, 0.2) is 11.4 Å². The zero-order chi connectivity index (χ0) is 11.7. The summed E-state index contributed by atoms with van der Waals surface area (Å²) in [6.45, 7) is 0. The fourth-order valence-electron chi connectivity index (χ4n) is 1.31. The van der Waals surface area contributed by atoms with Crippen molar-refractivity contribution in [1.82, 2.24) is 9.97 Å². The van der Waals surface area contributed by atoms with Crippen molar-refractivity contribution in [3.63, 3.8) is 0 Å². The van der Waals surface area contributed by atoms with Gasteiger partial charge in [0.2, 0.25) is 0 Å². The molecule has 0 unspecified atom stereocenters. The standard InChI is InChI=1S/C10H7ClN2O3/c1-16-10(15)8-9(14)7-5(4-13-8)6(11)2-3-12-7/h2-4,14H,1H3. The maximum absolute atomic E-state index is 11.3. The Morgan fingerprint density at radius 1 is 1.50 bits per heavy atom. The smallest absolute Gasteiger partial charge is 0.360 e. The van der Waals surface area contributed by atoms with Gasteiger partial charge in [0.1, 0.15) is 5.52 Å². The summed E-state index contributed by atoms with van der Waals surface area (Å²) in [5, 5.41) is 10.7. The Bertz CT molecular complexity index is 571. The molecule has 0 spiro atoms. The first kappa shape index (κ1) is 10.6. The van der Waals surface area contributed by atoms with E-state index in [0.29, 0.717) is 10.4 Å². The van der Waals surface area contributed by atoms with Crippen LogP contribution in [-0.4, -0.2) is 28.2 Å². The second-order valence-corrected chi connectivity index (χ2v) is 3.41. The van der Waals surface area contributed by atoms with Gasteiger partial charge in [-0.3, -0.25) is 4.98 Å². The molecular formula is C10H7ClN2O3. The van der Waals surface area contributed by atoms with Crippen LogP contribution < -0.4 is 0 Å². The zero-order valence-electron chi connectivity index (χ0n) is 8.27. The molecule has 2 aromatic rings. The number of pyridine rings is 2. The van der Waals surface area contributed by atoms with Crippen LogP contribution in [0.3, 0.4) is 0 Å². The number of hydrogen-bond donors (Lipinski definition) is 1. The number of hydrogen-bond acceptors (Lipinski definition) is 5. The van der Waals surface area contributed by atoms with Crippen LogP contribution in [0, 0.1) is 0 Å². The first-order chi connectivity index (χ1) is 7.65. The lowest BCUT2D eigenvalue weighted by atomic mass is 10.2. The molecule has 0 radical (unpaired) electrons. The molecule has 82 valence electrons. The molecule has 0 fully saturated rings. The number of methoxy groups -OCH3 is 1. The Morgan fingerprint density at radius 2 is 2.25 bits per heavy atom. The number of ether oxygens (including phenoxy) is 1. The van der Waals surface area contributed by atoms with Gasteiger partial charge in [0, 0.05) is 17.8 Å². The first-order valence-corrected chi connectivity index (χ1v) is 4.73. The number of nitrogens with zero attached hydrogens (tertiary/aromatic N) is 2. The monoisotopic (exact) mass is 238 g/mol. The summed E-state index contributed by atoms with van der Waals surface area (Å²) in [5.74, 6) is -1.05. The second kappa shape index (κ2) is 3.94. The van der Waals surface area contributed by atoms with Gasteiger partial charge in [-0.2, -0.15) is 0 Å². The minimum atomic E-state index is -0.721. The molecular weight excluding hydrogens is 232 g/mol.